The highest BCUT2D eigenvalue weighted by Crippen LogP contribution is 2.44. The number of hydrogen-bond acceptors (Lipinski definition) is 4. The Balaban J connectivity index is 2.21. The molecule has 1 unspecified atom stereocenters. The van der Waals surface area contributed by atoms with Gasteiger partial charge in [0.1, 0.15) is 0 Å². The largest absolute Gasteiger partial charge is 0.493 e. The number of carbonyl (C=O) groups is 1. The number of thiocarbonyl (C=S) groups is 1. The first-order valence-electron chi connectivity index (χ1n) is 7.69. The van der Waals surface area contributed by atoms with E-state index in [1.807, 2.05) is 24.1 Å². The SMILES string of the molecule is COc1cc(Br)cc(C2NC(=S)N(C)C3=C2C(=O)CCC3)c1OC. The number of hydrogen-bond donors (Lipinski definition) is 1. The maximum absolute atomic E-state index is 12.7. The highest BCUT2D eigenvalue weighted by Gasteiger charge is 2.37. The van der Waals surface area contributed by atoms with Crippen molar-refractivity contribution in [2.24, 2.45) is 0 Å². The van der Waals surface area contributed by atoms with Gasteiger partial charge < -0.3 is 19.7 Å². The minimum absolute atomic E-state index is 0.157. The van der Waals surface area contributed by atoms with Crippen molar-refractivity contribution in [3.8, 4) is 11.5 Å². The number of ketones is 1. The van der Waals surface area contributed by atoms with Gasteiger partial charge in [-0.15, -0.1) is 0 Å². The minimum Gasteiger partial charge on any atom is -0.493 e. The Hall–Kier alpha value is -1.60. The monoisotopic (exact) mass is 410 g/mol. The van der Waals surface area contributed by atoms with Crippen LogP contribution in [0.3, 0.4) is 0 Å². The molecule has 0 aromatic heterocycles. The van der Waals surface area contributed by atoms with Gasteiger partial charge >= 0.3 is 0 Å². The first-order chi connectivity index (χ1) is 11.5. The molecule has 7 heteroatoms. The molecule has 1 N–H and O–H groups in total. The first kappa shape index (κ1) is 17.2. The van der Waals surface area contributed by atoms with Gasteiger partial charge in [-0.05, 0) is 37.2 Å². The molecular formula is C17H19BrN2O3S. The summed E-state index contributed by atoms with van der Waals surface area (Å²) in [6.07, 6.45) is 2.27. The van der Waals surface area contributed by atoms with E-state index < -0.39 is 0 Å². The van der Waals surface area contributed by atoms with E-state index in [0.29, 0.717) is 23.0 Å². The quantitative estimate of drug-likeness (QED) is 0.771. The molecule has 0 radical (unpaired) electrons. The molecule has 0 spiro atoms. The number of nitrogens with one attached hydrogen (secondary N) is 1. The Labute approximate surface area is 155 Å². The van der Waals surface area contributed by atoms with Gasteiger partial charge in [-0.3, -0.25) is 4.79 Å². The van der Waals surface area contributed by atoms with Crippen LogP contribution in [0.15, 0.2) is 27.9 Å². The van der Waals surface area contributed by atoms with E-state index in [4.69, 9.17) is 21.7 Å². The zero-order chi connectivity index (χ0) is 17.4. The smallest absolute Gasteiger partial charge is 0.173 e. The number of nitrogens with zero attached hydrogens (tertiary/aromatic N) is 1. The summed E-state index contributed by atoms with van der Waals surface area (Å²) >= 11 is 8.98. The van der Waals surface area contributed by atoms with Crippen molar-refractivity contribution in [3.05, 3.63) is 33.4 Å². The van der Waals surface area contributed by atoms with E-state index in [1.54, 1.807) is 14.2 Å². The Morgan fingerprint density at radius 2 is 2.04 bits per heavy atom. The third-order valence-corrected chi connectivity index (χ3v) is 5.33. The second-order valence-corrected chi connectivity index (χ2v) is 7.11. The predicted octanol–water partition coefficient (Wildman–Crippen LogP) is 3.33. The molecule has 0 saturated carbocycles. The molecule has 1 heterocycles. The van der Waals surface area contributed by atoms with E-state index in [-0.39, 0.29) is 11.8 Å². The van der Waals surface area contributed by atoms with E-state index in [2.05, 4.69) is 21.2 Å². The molecule has 5 nitrogen and oxygen atoms in total. The Morgan fingerprint density at radius 3 is 2.71 bits per heavy atom. The lowest BCUT2D eigenvalue weighted by molar-refractivity contribution is -0.116. The Morgan fingerprint density at radius 1 is 1.29 bits per heavy atom. The second kappa shape index (κ2) is 6.72. The molecule has 0 saturated heterocycles. The van der Waals surface area contributed by atoms with E-state index in [9.17, 15) is 4.79 Å². The molecule has 1 aliphatic heterocycles. The zero-order valence-corrected chi connectivity index (χ0v) is 16.2. The van der Waals surface area contributed by atoms with Crippen LogP contribution >= 0.6 is 28.1 Å². The molecule has 0 amide bonds. The molecule has 0 bridgehead atoms. The molecule has 1 aliphatic carbocycles. The molecule has 24 heavy (non-hydrogen) atoms. The van der Waals surface area contributed by atoms with Gasteiger partial charge in [0.25, 0.3) is 0 Å². The molecule has 1 aromatic carbocycles. The van der Waals surface area contributed by atoms with Gasteiger partial charge in [0.05, 0.1) is 20.3 Å². The predicted molar refractivity (Wildman–Crippen MR) is 99.4 cm³/mol. The first-order valence-corrected chi connectivity index (χ1v) is 8.90. The molecular weight excluding hydrogens is 392 g/mol. The number of rotatable bonds is 3. The maximum atomic E-state index is 12.7. The number of benzene rings is 1. The minimum atomic E-state index is -0.335. The van der Waals surface area contributed by atoms with E-state index in [1.165, 1.54) is 0 Å². The summed E-state index contributed by atoms with van der Waals surface area (Å²) in [7, 11) is 5.09. The number of allylic oxidation sites excluding steroid dienone is 1. The van der Waals surface area contributed by atoms with Crippen LogP contribution in [-0.4, -0.2) is 37.1 Å². The van der Waals surface area contributed by atoms with Gasteiger partial charge in [-0.1, -0.05) is 15.9 Å². The lowest BCUT2D eigenvalue weighted by Gasteiger charge is -2.39. The fourth-order valence-electron chi connectivity index (χ4n) is 3.34. The van der Waals surface area contributed by atoms with Crippen LogP contribution in [0, 0.1) is 0 Å². The van der Waals surface area contributed by atoms with Crippen molar-refractivity contribution in [2.75, 3.05) is 21.3 Å². The average Bonchev–Trinajstić information content (AvgIpc) is 2.57. The fraction of sp³-hybridized carbons (Fsp3) is 0.412. The van der Waals surface area contributed by atoms with Crippen LogP contribution in [0.25, 0.3) is 0 Å². The summed E-state index contributed by atoms with van der Waals surface area (Å²) in [5.74, 6) is 1.37. The molecule has 1 atom stereocenters. The zero-order valence-electron chi connectivity index (χ0n) is 13.8. The van der Waals surface area contributed by atoms with Crippen molar-refractivity contribution in [3.63, 3.8) is 0 Å². The van der Waals surface area contributed by atoms with Crippen LogP contribution in [0.4, 0.5) is 0 Å². The molecule has 3 rings (SSSR count). The van der Waals surface area contributed by atoms with Crippen molar-refractivity contribution in [1.29, 1.82) is 0 Å². The summed E-state index contributed by atoms with van der Waals surface area (Å²) in [6.45, 7) is 0. The lowest BCUT2D eigenvalue weighted by atomic mass is 9.84. The number of methoxy groups -OCH3 is 2. The Bertz CT molecular complexity index is 748. The van der Waals surface area contributed by atoms with Gasteiger partial charge in [0, 0.05) is 34.8 Å². The van der Waals surface area contributed by atoms with Gasteiger partial charge in [0.2, 0.25) is 0 Å². The van der Waals surface area contributed by atoms with Crippen molar-refractivity contribution >= 4 is 39.0 Å². The van der Waals surface area contributed by atoms with E-state index in [0.717, 1.165) is 34.1 Å². The third kappa shape index (κ3) is 2.80. The van der Waals surface area contributed by atoms with Crippen molar-refractivity contribution in [2.45, 2.75) is 25.3 Å². The van der Waals surface area contributed by atoms with Crippen molar-refractivity contribution in [1.82, 2.24) is 10.2 Å². The highest BCUT2D eigenvalue weighted by molar-refractivity contribution is 9.10. The third-order valence-electron chi connectivity index (χ3n) is 4.48. The number of Topliss-reactive ketones (excluding diaryl/α,β-unsaturated/α-hetero) is 1. The van der Waals surface area contributed by atoms with Gasteiger partial charge in [0.15, 0.2) is 22.4 Å². The summed E-state index contributed by atoms with van der Waals surface area (Å²) in [4.78, 5) is 14.6. The Kier molecular flexibility index (Phi) is 4.83. The van der Waals surface area contributed by atoms with Gasteiger partial charge in [-0.2, -0.15) is 0 Å². The molecule has 2 aliphatic rings. The second-order valence-electron chi connectivity index (χ2n) is 5.81. The summed E-state index contributed by atoms with van der Waals surface area (Å²) < 4.78 is 11.9. The summed E-state index contributed by atoms with van der Waals surface area (Å²) in [5.41, 5.74) is 2.61. The number of halogens is 1. The van der Waals surface area contributed by atoms with Crippen LogP contribution in [-0.2, 0) is 4.79 Å². The lowest BCUT2D eigenvalue weighted by Crippen LogP contribution is -2.47. The molecule has 128 valence electrons. The molecule has 0 fully saturated rings. The van der Waals surface area contributed by atoms with Crippen LogP contribution in [0.5, 0.6) is 11.5 Å². The fourth-order valence-corrected chi connectivity index (χ4v) is 4.03. The molecule has 1 aromatic rings. The van der Waals surface area contributed by atoms with E-state index >= 15 is 0 Å². The number of ether oxygens (including phenoxy) is 2. The summed E-state index contributed by atoms with van der Waals surface area (Å²) in [6, 6.07) is 3.45. The average molecular weight is 411 g/mol. The normalized spacial score (nSPS) is 20.7. The van der Waals surface area contributed by atoms with Gasteiger partial charge in [-0.25, -0.2) is 0 Å². The number of carbonyl (C=O) groups excluding carboxylic acids is 1. The topological polar surface area (TPSA) is 50.8 Å². The standard InChI is InChI=1S/C17H19BrN2O3S/c1-20-11-5-4-6-12(21)14(11)15(19-17(20)24)10-7-9(18)8-13(22-2)16(10)23-3/h7-8,15H,4-6H2,1-3H3,(H,19,24). The van der Waals surface area contributed by atoms with Crippen LogP contribution in [0.2, 0.25) is 0 Å². The highest BCUT2D eigenvalue weighted by atomic mass is 79.9. The maximum Gasteiger partial charge on any atom is 0.173 e. The van der Waals surface area contributed by atoms with Crippen LogP contribution in [0.1, 0.15) is 30.9 Å². The van der Waals surface area contributed by atoms with Crippen LogP contribution < -0.4 is 14.8 Å². The summed E-state index contributed by atoms with van der Waals surface area (Å²) in [5, 5.41) is 3.89. The van der Waals surface area contributed by atoms with Crippen molar-refractivity contribution < 1.29 is 14.3 Å².